The van der Waals surface area contributed by atoms with Crippen LogP contribution in [0.1, 0.15) is 37.3 Å². The van der Waals surface area contributed by atoms with E-state index in [0.717, 1.165) is 53.5 Å². The predicted molar refractivity (Wildman–Crippen MR) is 90.6 cm³/mol. The van der Waals surface area contributed by atoms with Gasteiger partial charge in [-0.1, -0.05) is 6.92 Å². The van der Waals surface area contributed by atoms with Crippen molar-refractivity contribution in [2.75, 3.05) is 11.4 Å². The van der Waals surface area contributed by atoms with Crippen molar-refractivity contribution >= 4 is 27.4 Å². The van der Waals surface area contributed by atoms with E-state index < -0.39 is 6.10 Å². The standard InChI is InChI=1S/C16H19N5OS/c1-2-14(22)13-8-11-9-20(5-3-6-21(11)19-13)15-12-4-7-23-16(12)18-10-17-15/h4,7-8,10,14,22H,2-3,5-6,9H2,1H3. The van der Waals surface area contributed by atoms with Gasteiger partial charge in [0.15, 0.2) is 0 Å². The molecular weight excluding hydrogens is 310 g/mol. The van der Waals surface area contributed by atoms with Gasteiger partial charge < -0.3 is 10.0 Å². The molecule has 23 heavy (non-hydrogen) atoms. The van der Waals surface area contributed by atoms with Gasteiger partial charge in [0, 0.05) is 13.1 Å². The van der Waals surface area contributed by atoms with Crippen LogP contribution in [-0.2, 0) is 13.1 Å². The smallest absolute Gasteiger partial charge is 0.141 e. The van der Waals surface area contributed by atoms with E-state index in [9.17, 15) is 5.11 Å². The number of aryl methyl sites for hydroxylation is 1. The molecule has 7 heteroatoms. The summed E-state index contributed by atoms with van der Waals surface area (Å²) in [4.78, 5) is 12.2. The Morgan fingerprint density at radius 3 is 3.13 bits per heavy atom. The minimum absolute atomic E-state index is 0.481. The lowest BCUT2D eigenvalue weighted by Crippen LogP contribution is -2.23. The number of hydrogen-bond donors (Lipinski definition) is 1. The quantitative estimate of drug-likeness (QED) is 0.800. The molecule has 1 atom stereocenters. The van der Waals surface area contributed by atoms with Crippen LogP contribution in [0.2, 0.25) is 0 Å². The average Bonchev–Trinajstić information content (AvgIpc) is 3.16. The topological polar surface area (TPSA) is 67.1 Å². The van der Waals surface area contributed by atoms with Crippen molar-refractivity contribution in [1.29, 1.82) is 0 Å². The van der Waals surface area contributed by atoms with E-state index in [2.05, 4.69) is 31.4 Å². The maximum Gasteiger partial charge on any atom is 0.141 e. The van der Waals surface area contributed by atoms with Crippen molar-refractivity contribution in [1.82, 2.24) is 19.7 Å². The number of anilines is 1. The van der Waals surface area contributed by atoms with Crippen LogP contribution in [0.5, 0.6) is 0 Å². The Balaban J connectivity index is 1.69. The van der Waals surface area contributed by atoms with Crippen molar-refractivity contribution in [2.24, 2.45) is 0 Å². The van der Waals surface area contributed by atoms with E-state index in [1.165, 1.54) is 0 Å². The second-order valence-electron chi connectivity index (χ2n) is 5.82. The van der Waals surface area contributed by atoms with Gasteiger partial charge in [-0.2, -0.15) is 5.10 Å². The van der Waals surface area contributed by atoms with E-state index in [1.54, 1.807) is 17.7 Å². The van der Waals surface area contributed by atoms with Crippen molar-refractivity contribution in [3.8, 4) is 0 Å². The maximum atomic E-state index is 10.0. The molecule has 0 radical (unpaired) electrons. The number of hydrogen-bond acceptors (Lipinski definition) is 6. The molecule has 0 spiro atoms. The summed E-state index contributed by atoms with van der Waals surface area (Å²) in [6.07, 6.45) is 2.85. The molecule has 0 bridgehead atoms. The summed E-state index contributed by atoms with van der Waals surface area (Å²) < 4.78 is 2.03. The molecule has 1 aliphatic rings. The summed E-state index contributed by atoms with van der Waals surface area (Å²) in [5.41, 5.74) is 1.90. The first-order valence-electron chi connectivity index (χ1n) is 7.94. The van der Waals surface area contributed by atoms with E-state index >= 15 is 0 Å². The largest absolute Gasteiger partial charge is 0.387 e. The minimum atomic E-state index is -0.481. The molecule has 3 aromatic rings. The van der Waals surface area contributed by atoms with Crippen LogP contribution in [0.3, 0.4) is 0 Å². The highest BCUT2D eigenvalue weighted by Crippen LogP contribution is 2.29. The lowest BCUT2D eigenvalue weighted by Gasteiger charge is -2.21. The second kappa shape index (κ2) is 5.90. The molecule has 1 aliphatic heterocycles. The number of fused-ring (bicyclic) bond motifs is 2. The Morgan fingerprint density at radius 2 is 2.26 bits per heavy atom. The van der Waals surface area contributed by atoms with E-state index in [1.807, 2.05) is 17.7 Å². The lowest BCUT2D eigenvalue weighted by atomic mass is 10.2. The van der Waals surface area contributed by atoms with Crippen LogP contribution in [0, 0.1) is 0 Å². The molecule has 4 rings (SSSR count). The summed E-state index contributed by atoms with van der Waals surface area (Å²) in [6, 6.07) is 4.11. The number of rotatable bonds is 3. The third kappa shape index (κ3) is 2.60. The Labute approximate surface area is 138 Å². The zero-order chi connectivity index (χ0) is 15.8. The Hall–Kier alpha value is -1.99. The fourth-order valence-electron chi connectivity index (χ4n) is 3.07. The van der Waals surface area contributed by atoms with Crippen LogP contribution < -0.4 is 4.90 Å². The molecule has 0 saturated carbocycles. The Morgan fingerprint density at radius 1 is 1.35 bits per heavy atom. The van der Waals surface area contributed by atoms with Crippen molar-refractivity contribution in [2.45, 2.75) is 39.0 Å². The van der Waals surface area contributed by atoms with Crippen LogP contribution in [0.4, 0.5) is 5.82 Å². The normalized spacial score (nSPS) is 16.3. The highest BCUT2D eigenvalue weighted by Gasteiger charge is 2.21. The van der Waals surface area contributed by atoms with Gasteiger partial charge in [0.25, 0.3) is 0 Å². The van der Waals surface area contributed by atoms with Crippen LogP contribution >= 0.6 is 11.3 Å². The zero-order valence-electron chi connectivity index (χ0n) is 13.0. The maximum absolute atomic E-state index is 10.0. The molecule has 120 valence electrons. The molecule has 0 aromatic carbocycles. The SMILES string of the molecule is CCC(O)c1cc2n(n1)CCCN(c1ncnc3sccc13)C2. The molecule has 0 aliphatic carbocycles. The first-order valence-corrected chi connectivity index (χ1v) is 8.82. The molecular formula is C16H19N5OS. The van der Waals surface area contributed by atoms with E-state index in [-0.39, 0.29) is 0 Å². The van der Waals surface area contributed by atoms with Gasteiger partial charge in [-0.25, -0.2) is 9.97 Å². The molecule has 1 unspecified atom stereocenters. The summed E-state index contributed by atoms with van der Waals surface area (Å²) in [5.74, 6) is 0.989. The van der Waals surface area contributed by atoms with Gasteiger partial charge in [0.2, 0.25) is 0 Å². The van der Waals surface area contributed by atoms with E-state index in [4.69, 9.17) is 0 Å². The summed E-state index contributed by atoms with van der Waals surface area (Å²) in [7, 11) is 0. The second-order valence-corrected chi connectivity index (χ2v) is 6.71. The predicted octanol–water partition coefficient (Wildman–Crippen LogP) is 2.74. The fraction of sp³-hybridized carbons (Fsp3) is 0.438. The molecule has 4 heterocycles. The summed E-state index contributed by atoms with van der Waals surface area (Å²) in [6.45, 7) is 4.54. The fourth-order valence-corrected chi connectivity index (χ4v) is 3.79. The minimum Gasteiger partial charge on any atom is -0.387 e. The first-order chi connectivity index (χ1) is 11.3. The monoisotopic (exact) mass is 329 g/mol. The lowest BCUT2D eigenvalue weighted by molar-refractivity contribution is 0.168. The average molecular weight is 329 g/mol. The first kappa shape index (κ1) is 14.6. The van der Waals surface area contributed by atoms with Gasteiger partial charge in [-0.05, 0) is 30.4 Å². The highest BCUT2D eigenvalue weighted by molar-refractivity contribution is 7.16. The van der Waals surface area contributed by atoms with Gasteiger partial charge in [-0.3, -0.25) is 4.68 Å². The number of thiophene rings is 1. The van der Waals surface area contributed by atoms with Crippen molar-refractivity contribution in [3.63, 3.8) is 0 Å². The van der Waals surface area contributed by atoms with Crippen LogP contribution in [-0.4, -0.2) is 31.4 Å². The number of nitrogens with zero attached hydrogens (tertiary/aromatic N) is 5. The number of aliphatic hydroxyl groups is 1. The van der Waals surface area contributed by atoms with Crippen molar-refractivity contribution < 1.29 is 5.11 Å². The zero-order valence-corrected chi connectivity index (χ0v) is 13.8. The van der Waals surface area contributed by atoms with Crippen molar-refractivity contribution in [3.05, 3.63) is 35.2 Å². The third-order valence-corrected chi connectivity index (χ3v) is 5.12. The molecule has 0 amide bonds. The molecule has 3 aromatic heterocycles. The molecule has 0 fully saturated rings. The van der Waals surface area contributed by atoms with Gasteiger partial charge in [-0.15, -0.1) is 11.3 Å². The summed E-state index contributed by atoms with van der Waals surface area (Å²) in [5, 5.41) is 17.8. The van der Waals surface area contributed by atoms with Gasteiger partial charge in [0.1, 0.15) is 17.0 Å². The summed E-state index contributed by atoms with van der Waals surface area (Å²) >= 11 is 1.64. The highest BCUT2D eigenvalue weighted by atomic mass is 32.1. The number of aliphatic hydroxyl groups excluding tert-OH is 1. The van der Waals surface area contributed by atoms with Crippen LogP contribution in [0.15, 0.2) is 23.8 Å². The molecule has 6 nitrogen and oxygen atoms in total. The molecule has 1 N–H and O–H groups in total. The number of aromatic nitrogens is 4. The Kier molecular flexibility index (Phi) is 3.74. The van der Waals surface area contributed by atoms with Gasteiger partial charge in [0.05, 0.1) is 29.4 Å². The van der Waals surface area contributed by atoms with E-state index in [0.29, 0.717) is 6.42 Å². The Bertz CT molecular complexity index is 827. The molecule has 0 saturated heterocycles. The third-order valence-electron chi connectivity index (χ3n) is 4.30. The van der Waals surface area contributed by atoms with Gasteiger partial charge >= 0.3 is 0 Å². The van der Waals surface area contributed by atoms with Crippen LogP contribution in [0.25, 0.3) is 10.2 Å².